The van der Waals surface area contributed by atoms with Gasteiger partial charge in [-0.1, -0.05) is 79.9 Å². The third-order valence-electron chi connectivity index (χ3n) is 16.0. The average molecular weight is 864 g/mol. The Morgan fingerprint density at radius 3 is 2.25 bits per heavy atom. The van der Waals surface area contributed by atoms with Crippen LogP contribution < -0.4 is 10.2 Å². The third kappa shape index (κ3) is 7.61. The van der Waals surface area contributed by atoms with E-state index in [1.807, 2.05) is 35.8 Å². The zero-order valence-electron chi connectivity index (χ0n) is 38.1. The summed E-state index contributed by atoms with van der Waals surface area (Å²) >= 11 is 0. The molecule has 5 aromatic rings. The predicted octanol–water partition coefficient (Wildman–Crippen LogP) is 9.77. The van der Waals surface area contributed by atoms with Crippen molar-refractivity contribution in [1.82, 2.24) is 29.8 Å². The van der Waals surface area contributed by atoms with Gasteiger partial charge in [0.2, 0.25) is 5.91 Å². The Morgan fingerprint density at radius 2 is 1.54 bits per heavy atom. The molecule has 0 radical (unpaired) electrons. The number of benzene rings is 4. The predicted molar refractivity (Wildman–Crippen MR) is 259 cm³/mol. The number of carbonyl (C=O) groups excluding carboxylic acids is 2. The smallest absolute Gasteiger partial charge is 0.259 e. The lowest BCUT2D eigenvalue weighted by atomic mass is 9.69. The lowest BCUT2D eigenvalue weighted by Crippen LogP contribution is -2.49. The lowest BCUT2D eigenvalue weighted by molar-refractivity contribution is -0.135. The minimum absolute atomic E-state index is 0.0157. The Kier molecular flexibility index (Phi) is 10.6. The molecule has 6 heterocycles. The first kappa shape index (κ1) is 41.5. The van der Waals surface area contributed by atoms with Crippen LogP contribution in [0.5, 0.6) is 0 Å². The highest BCUT2D eigenvalue weighted by atomic mass is 16.2. The molecule has 1 unspecified atom stereocenters. The SMILES string of the molecule is C=C1CCC(N2C(=C)c3cc4c(cc3C2=O)CN(CC(=O)N2CCC3(CC2)CCN(c2ccc([C@@H]5c6ccc(-c7cnn(C)c7)cc6CC[C@@H]5c5ccccc5)cc2)CC3)C4)/C(=C/C)N1. The molecule has 1 spiro atoms. The van der Waals surface area contributed by atoms with Crippen molar-refractivity contribution >= 4 is 23.2 Å². The number of rotatable bonds is 7. The number of hydrogen-bond acceptors (Lipinski definition) is 6. The van der Waals surface area contributed by atoms with Crippen molar-refractivity contribution in [2.45, 2.75) is 89.3 Å². The molecule has 1 aromatic heterocycles. The standard InChI is InChI=1S/C56H61N7O2/c1-5-51-52(20-11-37(2)58-51)63-38(3)49-30-43-34-60(35-44(43)31-50(49)55(63)65)36-53(64)62-27-23-56(24-28-62)21-25-61(26-22-56)46-16-12-40(13-17-46)54-47(39-9-7-6-8-10-39)19-15-42-29-41(14-18-48(42)54)45-32-57-59(4)33-45/h5-10,12-14,16-18,29-33,47,52,54,58H,2-3,11,15,19-28,34-36H2,1,4H3/b51-5-/t47-,52?,54+/m1/s1. The quantitative estimate of drug-likeness (QED) is 0.176. The zero-order chi connectivity index (χ0) is 44.4. The molecule has 9 nitrogen and oxygen atoms in total. The fraction of sp³-hybridized carbons (Fsp3) is 0.375. The molecule has 3 atom stereocenters. The number of nitrogens with one attached hydrogen (secondary N) is 1. The van der Waals surface area contributed by atoms with E-state index in [1.54, 1.807) is 0 Å². The van der Waals surface area contributed by atoms with Crippen LogP contribution >= 0.6 is 0 Å². The van der Waals surface area contributed by atoms with E-state index in [0.29, 0.717) is 36.9 Å². The molecule has 5 aliphatic heterocycles. The zero-order valence-corrected chi connectivity index (χ0v) is 38.1. The molecule has 0 bridgehead atoms. The van der Waals surface area contributed by atoms with E-state index < -0.39 is 0 Å². The average Bonchev–Trinajstić information content (AvgIpc) is 4.02. The van der Waals surface area contributed by atoms with Crippen molar-refractivity contribution in [1.29, 1.82) is 0 Å². The van der Waals surface area contributed by atoms with Crippen LogP contribution in [-0.2, 0) is 31.4 Å². The normalized spacial score (nSPS) is 23.5. The topological polar surface area (TPSA) is 77.0 Å². The second-order valence-corrected chi connectivity index (χ2v) is 19.8. The highest BCUT2D eigenvalue weighted by Crippen LogP contribution is 2.48. The molecule has 65 heavy (non-hydrogen) atoms. The van der Waals surface area contributed by atoms with E-state index in [1.165, 1.54) is 44.6 Å². The van der Waals surface area contributed by atoms with Gasteiger partial charge >= 0.3 is 0 Å². The van der Waals surface area contributed by atoms with Crippen LogP contribution in [0.15, 0.2) is 128 Å². The number of nitrogens with zero attached hydrogens (tertiary/aromatic N) is 6. The molecular formula is C56H61N7O2. The van der Waals surface area contributed by atoms with E-state index in [2.05, 4.69) is 129 Å². The number of aromatic nitrogens is 2. The summed E-state index contributed by atoms with van der Waals surface area (Å²) in [4.78, 5) is 36.4. The van der Waals surface area contributed by atoms with Gasteiger partial charge in [-0.15, -0.1) is 0 Å². The number of likely N-dealkylation sites (tertiary alicyclic amines) is 1. The van der Waals surface area contributed by atoms with Crippen molar-refractivity contribution in [2.24, 2.45) is 12.5 Å². The Balaban J connectivity index is 0.698. The van der Waals surface area contributed by atoms with Crippen LogP contribution in [0.3, 0.4) is 0 Å². The third-order valence-corrected chi connectivity index (χ3v) is 16.0. The minimum Gasteiger partial charge on any atom is -0.371 e. The fourth-order valence-electron chi connectivity index (χ4n) is 12.3. The van der Waals surface area contributed by atoms with Crippen molar-refractivity contribution in [3.63, 3.8) is 0 Å². The largest absolute Gasteiger partial charge is 0.371 e. The summed E-state index contributed by atoms with van der Waals surface area (Å²) in [5, 5.41) is 7.82. The summed E-state index contributed by atoms with van der Waals surface area (Å²) in [6.45, 7) is 16.1. The molecule has 3 fully saturated rings. The highest BCUT2D eigenvalue weighted by molar-refractivity contribution is 6.09. The van der Waals surface area contributed by atoms with Crippen LogP contribution in [0.1, 0.15) is 113 Å². The Bertz CT molecular complexity index is 2670. The number of anilines is 1. The first-order valence-electron chi connectivity index (χ1n) is 23.9. The number of piperidine rings is 3. The van der Waals surface area contributed by atoms with Crippen molar-refractivity contribution in [3.05, 3.63) is 172 Å². The van der Waals surface area contributed by atoms with Crippen LogP contribution in [0.4, 0.5) is 5.69 Å². The van der Waals surface area contributed by atoms with Gasteiger partial charge in [0.15, 0.2) is 0 Å². The van der Waals surface area contributed by atoms with E-state index in [-0.39, 0.29) is 17.9 Å². The second-order valence-electron chi connectivity index (χ2n) is 19.8. The summed E-state index contributed by atoms with van der Waals surface area (Å²) < 4.78 is 1.88. The van der Waals surface area contributed by atoms with Crippen molar-refractivity contribution < 1.29 is 9.59 Å². The summed E-state index contributed by atoms with van der Waals surface area (Å²) in [6, 6.07) is 31.9. The number of fused-ring (bicyclic) bond motifs is 3. The molecule has 332 valence electrons. The molecule has 11 rings (SSSR count). The van der Waals surface area contributed by atoms with Crippen LogP contribution in [0, 0.1) is 5.41 Å². The molecule has 6 aliphatic rings. The maximum Gasteiger partial charge on any atom is 0.259 e. The molecule has 0 saturated carbocycles. The van der Waals surface area contributed by atoms with Crippen LogP contribution in [-0.4, -0.2) is 75.1 Å². The number of aryl methyl sites for hydroxylation is 2. The molecule has 1 N–H and O–H groups in total. The van der Waals surface area contributed by atoms with Gasteiger partial charge in [0.1, 0.15) is 0 Å². The molecule has 2 amide bonds. The Hall–Kier alpha value is -6.19. The van der Waals surface area contributed by atoms with Crippen molar-refractivity contribution in [2.75, 3.05) is 37.6 Å². The van der Waals surface area contributed by atoms with E-state index in [0.717, 1.165) is 111 Å². The maximum absolute atomic E-state index is 13.8. The van der Waals surface area contributed by atoms with Gasteiger partial charge in [0.25, 0.3) is 5.91 Å². The van der Waals surface area contributed by atoms with Gasteiger partial charge in [-0.3, -0.25) is 24.1 Å². The maximum atomic E-state index is 13.8. The van der Waals surface area contributed by atoms with Gasteiger partial charge in [-0.05, 0) is 133 Å². The van der Waals surface area contributed by atoms with Gasteiger partial charge in [-0.2, -0.15) is 5.10 Å². The Labute approximate surface area is 384 Å². The van der Waals surface area contributed by atoms with Gasteiger partial charge in [-0.25, -0.2) is 0 Å². The summed E-state index contributed by atoms with van der Waals surface area (Å²) in [6.07, 6.45) is 14.4. The molecule has 1 aliphatic carbocycles. The molecule has 4 aromatic carbocycles. The monoisotopic (exact) mass is 863 g/mol. The lowest BCUT2D eigenvalue weighted by Gasteiger charge is -2.47. The van der Waals surface area contributed by atoms with Gasteiger partial charge < -0.3 is 15.1 Å². The fourth-order valence-corrected chi connectivity index (χ4v) is 12.3. The first-order chi connectivity index (χ1) is 31.6. The van der Waals surface area contributed by atoms with E-state index in [4.69, 9.17) is 0 Å². The summed E-state index contributed by atoms with van der Waals surface area (Å²) in [7, 11) is 1.98. The number of carbonyl (C=O) groups is 2. The summed E-state index contributed by atoms with van der Waals surface area (Å²) in [5.41, 5.74) is 16.5. The van der Waals surface area contributed by atoms with Gasteiger partial charge in [0.05, 0.1) is 18.8 Å². The Morgan fingerprint density at radius 1 is 0.815 bits per heavy atom. The molecule has 3 saturated heterocycles. The van der Waals surface area contributed by atoms with Crippen molar-refractivity contribution in [3.8, 4) is 11.1 Å². The summed E-state index contributed by atoms with van der Waals surface area (Å²) in [5.74, 6) is 0.963. The first-order valence-corrected chi connectivity index (χ1v) is 23.9. The second kappa shape index (κ2) is 16.7. The number of amides is 2. The number of hydrogen-bond donors (Lipinski definition) is 1. The minimum atomic E-state index is -0.0652. The van der Waals surface area contributed by atoms with E-state index >= 15 is 0 Å². The van der Waals surface area contributed by atoms with Crippen LogP contribution in [0.2, 0.25) is 0 Å². The molecular weight excluding hydrogens is 803 g/mol. The molecule has 9 heteroatoms. The van der Waals surface area contributed by atoms with Crippen LogP contribution in [0.25, 0.3) is 16.8 Å². The highest BCUT2D eigenvalue weighted by Gasteiger charge is 2.42. The van der Waals surface area contributed by atoms with Gasteiger partial charge in [0, 0.05) is 97.9 Å². The van der Waals surface area contributed by atoms with E-state index in [9.17, 15) is 9.59 Å². The number of allylic oxidation sites excluding steroid dienone is 2.